The Kier molecular flexibility index (Phi) is 2.73. The Hall–Kier alpha value is -0.740. The van der Waals surface area contributed by atoms with Crippen molar-refractivity contribution < 1.29 is 5.11 Å². The van der Waals surface area contributed by atoms with Crippen molar-refractivity contribution in [2.24, 2.45) is 0 Å². The summed E-state index contributed by atoms with van der Waals surface area (Å²) in [6.45, 7) is 3.86. The molecule has 1 aliphatic carbocycles. The molecule has 1 heteroatoms. The van der Waals surface area contributed by atoms with Crippen LogP contribution >= 0.6 is 0 Å². The first-order chi connectivity index (χ1) is 5.25. The smallest absolute Gasteiger partial charge is 0.0787 e. The molecule has 0 aromatic rings. The van der Waals surface area contributed by atoms with Crippen LogP contribution in [0.15, 0.2) is 11.1 Å². The van der Waals surface area contributed by atoms with Gasteiger partial charge in [0.1, 0.15) is 0 Å². The molecule has 0 amide bonds. The summed E-state index contributed by atoms with van der Waals surface area (Å²) < 4.78 is 0. The van der Waals surface area contributed by atoms with Crippen LogP contribution in [0.3, 0.4) is 0 Å². The Balaban J connectivity index is 2.33. The highest BCUT2D eigenvalue weighted by Crippen LogP contribution is 2.30. The monoisotopic (exact) mass is 150 g/mol. The fourth-order valence-corrected chi connectivity index (χ4v) is 1.29. The number of hydrogen-bond acceptors (Lipinski definition) is 1. The van der Waals surface area contributed by atoms with Crippen LogP contribution in [0.1, 0.15) is 33.1 Å². The van der Waals surface area contributed by atoms with Gasteiger partial charge < -0.3 is 5.11 Å². The second kappa shape index (κ2) is 3.59. The topological polar surface area (TPSA) is 20.2 Å². The summed E-state index contributed by atoms with van der Waals surface area (Å²) in [6, 6.07) is 0. The summed E-state index contributed by atoms with van der Waals surface area (Å²) in [5, 5.41) is 9.15. The van der Waals surface area contributed by atoms with Crippen LogP contribution in [0.4, 0.5) is 0 Å². The quantitative estimate of drug-likeness (QED) is 0.470. The molecule has 0 bridgehead atoms. The molecule has 1 unspecified atom stereocenters. The zero-order valence-corrected chi connectivity index (χ0v) is 7.15. The predicted octanol–water partition coefficient (Wildman–Crippen LogP) is 1.87. The Morgan fingerprint density at radius 3 is 2.82 bits per heavy atom. The summed E-state index contributed by atoms with van der Waals surface area (Å²) >= 11 is 0. The van der Waals surface area contributed by atoms with Gasteiger partial charge >= 0.3 is 0 Å². The standard InChI is InChI=1S/C10H14O/c1-3-4-5-6-9-7-10(11)8(9)2/h10-11H,5-7H2,1-2H3. The van der Waals surface area contributed by atoms with E-state index in [1.54, 1.807) is 0 Å². The fourth-order valence-electron chi connectivity index (χ4n) is 1.29. The van der Waals surface area contributed by atoms with Gasteiger partial charge in [0, 0.05) is 6.42 Å². The Morgan fingerprint density at radius 2 is 2.36 bits per heavy atom. The van der Waals surface area contributed by atoms with E-state index in [-0.39, 0.29) is 6.10 Å². The molecule has 0 aromatic carbocycles. The molecule has 0 aliphatic heterocycles. The molecule has 1 nitrogen and oxygen atoms in total. The molecule has 60 valence electrons. The third-order valence-corrected chi connectivity index (χ3v) is 2.23. The van der Waals surface area contributed by atoms with Gasteiger partial charge in [-0.05, 0) is 32.3 Å². The summed E-state index contributed by atoms with van der Waals surface area (Å²) in [6.07, 6.45) is 2.70. The van der Waals surface area contributed by atoms with E-state index in [9.17, 15) is 0 Å². The van der Waals surface area contributed by atoms with Gasteiger partial charge in [-0.25, -0.2) is 0 Å². The number of rotatable bonds is 2. The minimum absolute atomic E-state index is 0.153. The van der Waals surface area contributed by atoms with Gasteiger partial charge in [-0.1, -0.05) is 5.57 Å². The lowest BCUT2D eigenvalue weighted by Crippen LogP contribution is -2.21. The summed E-state index contributed by atoms with van der Waals surface area (Å²) in [7, 11) is 0. The van der Waals surface area contributed by atoms with E-state index in [4.69, 9.17) is 5.11 Å². The average Bonchev–Trinajstić information content (AvgIpc) is 2.03. The van der Waals surface area contributed by atoms with E-state index in [1.807, 2.05) is 13.8 Å². The van der Waals surface area contributed by atoms with Crippen LogP contribution in [0.5, 0.6) is 0 Å². The molecular formula is C10H14O. The number of hydrogen-bond donors (Lipinski definition) is 1. The van der Waals surface area contributed by atoms with Gasteiger partial charge in [-0.15, -0.1) is 11.8 Å². The molecule has 11 heavy (non-hydrogen) atoms. The van der Waals surface area contributed by atoms with Crippen LogP contribution in [0.25, 0.3) is 0 Å². The largest absolute Gasteiger partial charge is 0.388 e. The van der Waals surface area contributed by atoms with Gasteiger partial charge in [0.05, 0.1) is 6.10 Å². The maximum absolute atomic E-state index is 9.15. The lowest BCUT2D eigenvalue weighted by atomic mass is 9.84. The summed E-state index contributed by atoms with van der Waals surface area (Å²) in [5.74, 6) is 5.88. The fraction of sp³-hybridized carbons (Fsp3) is 0.600. The molecule has 0 fully saturated rings. The lowest BCUT2D eigenvalue weighted by molar-refractivity contribution is 0.184. The van der Waals surface area contributed by atoms with Crippen molar-refractivity contribution in [1.82, 2.24) is 0 Å². The van der Waals surface area contributed by atoms with Crippen LogP contribution in [0.2, 0.25) is 0 Å². The van der Waals surface area contributed by atoms with E-state index in [0.717, 1.165) is 19.3 Å². The molecule has 1 rings (SSSR count). The predicted molar refractivity (Wildman–Crippen MR) is 46.0 cm³/mol. The van der Waals surface area contributed by atoms with Crippen molar-refractivity contribution in [3.05, 3.63) is 11.1 Å². The minimum Gasteiger partial charge on any atom is -0.388 e. The van der Waals surface area contributed by atoms with Crippen LogP contribution in [0, 0.1) is 11.8 Å². The highest BCUT2D eigenvalue weighted by molar-refractivity contribution is 5.28. The SMILES string of the molecule is CC#CCCC1=C(C)C(O)C1. The molecule has 0 radical (unpaired) electrons. The molecule has 0 saturated heterocycles. The average molecular weight is 150 g/mol. The van der Waals surface area contributed by atoms with Crippen LogP contribution in [-0.4, -0.2) is 11.2 Å². The van der Waals surface area contributed by atoms with Crippen molar-refractivity contribution in [2.45, 2.75) is 39.2 Å². The third-order valence-electron chi connectivity index (χ3n) is 2.23. The third kappa shape index (κ3) is 1.85. The van der Waals surface area contributed by atoms with Crippen molar-refractivity contribution in [3.8, 4) is 11.8 Å². The van der Waals surface area contributed by atoms with Gasteiger partial charge in [-0.2, -0.15) is 0 Å². The molecule has 1 N–H and O–H groups in total. The Morgan fingerprint density at radius 1 is 1.64 bits per heavy atom. The van der Waals surface area contributed by atoms with E-state index in [1.165, 1.54) is 11.1 Å². The number of aliphatic hydroxyl groups is 1. The first-order valence-electron chi connectivity index (χ1n) is 4.02. The molecular weight excluding hydrogens is 136 g/mol. The number of aliphatic hydroxyl groups excluding tert-OH is 1. The Labute approximate surface area is 68.1 Å². The highest BCUT2D eigenvalue weighted by atomic mass is 16.3. The van der Waals surface area contributed by atoms with Crippen molar-refractivity contribution >= 4 is 0 Å². The second-order valence-corrected chi connectivity index (χ2v) is 2.93. The Bertz CT molecular complexity index is 227. The molecule has 1 aliphatic rings. The second-order valence-electron chi connectivity index (χ2n) is 2.93. The molecule has 0 spiro atoms. The molecule has 0 heterocycles. The van der Waals surface area contributed by atoms with E-state index >= 15 is 0 Å². The first kappa shape index (κ1) is 8.36. The maximum atomic E-state index is 9.15. The van der Waals surface area contributed by atoms with Crippen LogP contribution < -0.4 is 0 Å². The van der Waals surface area contributed by atoms with Gasteiger partial charge in [-0.3, -0.25) is 0 Å². The van der Waals surface area contributed by atoms with E-state index in [0.29, 0.717) is 0 Å². The van der Waals surface area contributed by atoms with Crippen LogP contribution in [-0.2, 0) is 0 Å². The first-order valence-corrected chi connectivity index (χ1v) is 4.02. The lowest BCUT2D eigenvalue weighted by Gasteiger charge is -2.26. The van der Waals surface area contributed by atoms with E-state index in [2.05, 4.69) is 11.8 Å². The zero-order valence-electron chi connectivity index (χ0n) is 7.15. The van der Waals surface area contributed by atoms with Crippen molar-refractivity contribution in [3.63, 3.8) is 0 Å². The highest BCUT2D eigenvalue weighted by Gasteiger charge is 2.22. The van der Waals surface area contributed by atoms with Crippen molar-refractivity contribution in [1.29, 1.82) is 0 Å². The normalized spacial score (nSPS) is 22.3. The summed E-state index contributed by atoms with van der Waals surface area (Å²) in [5.41, 5.74) is 2.57. The minimum atomic E-state index is -0.153. The van der Waals surface area contributed by atoms with Gasteiger partial charge in [0.2, 0.25) is 0 Å². The maximum Gasteiger partial charge on any atom is 0.0787 e. The van der Waals surface area contributed by atoms with E-state index < -0.39 is 0 Å². The zero-order chi connectivity index (χ0) is 8.27. The van der Waals surface area contributed by atoms with Gasteiger partial charge in [0.25, 0.3) is 0 Å². The van der Waals surface area contributed by atoms with Gasteiger partial charge in [0.15, 0.2) is 0 Å². The molecule has 1 atom stereocenters. The molecule has 0 saturated carbocycles. The summed E-state index contributed by atoms with van der Waals surface area (Å²) in [4.78, 5) is 0. The van der Waals surface area contributed by atoms with Crippen molar-refractivity contribution in [2.75, 3.05) is 0 Å². The molecule has 0 aromatic heterocycles.